The lowest BCUT2D eigenvalue weighted by Crippen LogP contribution is -2.45. The molecule has 1 fully saturated rings. The van der Waals surface area contributed by atoms with E-state index in [9.17, 15) is 9.90 Å². The Bertz CT molecular complexity index is 232. The third-order valence-corrected chi connectivity index (χ3v) is 3.41. The van der Waals surface area contributed by atoms with Crippen LogP contribution in [-0.4, -0.2) is 36.9 Å². The van der Waals surface area contributed by atoms with Crippen LogP contribution in [0.4, 0.5) is 0 Å². The molecular formula is C12H23NO3. The lowest BCUT2D eigenvalue weighted by Gasteiger charge is -2.38. The van der Waals surface area contributed by atoms with E-state index in [0.717, 1.165) is 25.7 Å². The number of ether oxygens (including phenoxy) is 1. The quantitative estimate of drug-likeness (QED) is 0.741. The average molecular weight is 229 g/mol. The van der Waals surface area contributed by atoms with Crippen LogP contribution < -0.4 is 5.32 Å². The minimum absolute atomic E-state index is 0.0964. The molecule has 0 spiro atoms. The smallest absolute Gasteiger partial charge is 0.246 e. The molecule has 0 aromatic carbocycles. The Morgan fingerprint density at radius 2 is 2.31 bits per heavy atom. The number of amides is 1. The molecule has 0 heterocycles. The van der Waals surface area contributed by atoms with E-state index in [1.54, 1.807) is 0 Å². The first-order valence-corrected chi connectivity index (χ1v) is 6.11. The van der Waals surface area contributed by atoms with Crippen LogP contribution in [0, 0.1) is 5.41 Å². The van der Waals surface area contributed by atoms with Crippen molar-refractivity contribution < 1.29 is 14.6 Å². The molecule has 94 valence electrons. The van der Waals surface area contributed by atoms with Crippen LogP contribution >= 0.6 is 0 Å². The first-order chi connectivity index (χ1) is 7.58. The number of nitrogens with one attached hydrogen (secondary N) is 1. The summed E-state index contributed by atoms with van der Waals surface area (Å²) in [6.07, 6.45) is 3.74. The lowest BCUT2D eigenvalue weighted by molar-refractivity contribution is -0.126. The van der Waals surface area contributed by atoms with E-state index in [2.05, 4.69) is 5.32 Å². The summed E-state index contributed by atoms with van der Waals surface area (Å²) in [7, 11) is 0. The minimum Gasteiger partial charge on any atom is -0.392 e. The highest BCUT2D eigenvalue weighted by molar-refractivity contribution is 5.77. The summed E-state index contributed by atoms with van der Waals surface area (Å²) in [5.74, 6) is -0.0964. The maximum absolute atomic E-state index is 11.4. The monoisotopic (exact) mass is 229 g/mol. The van der Waals surface area contributed by atoms with Crippen LogP contribution in [0.2, 0.25) is 0 Å². The summed E-state index contributed by atoms with van der Waals surface area (Å²) in [4.78, 5) is 11.4. The molecule has 16 heavy (non-hydrogen) atoms. The summed E-state index contributed by atoms with van der Waals surface area (Å²) in [6, 6.07) is 0. The Hall–Kier alpha value is -0.610. The van der Waals surface area contributed by atoms with Gasteiger partial charge in [0.1, 0.15) is 6.61 Å². The normalized spacial score (nSPS) is 30.1. The SMILES string of the molecule is CCOCC(=O)NCC1(C)CCCCC1O. The number of carbonyl (C=O) groups excluding carboxylic acids is 1. The van der Waals surface area contributed by atoms with Crippen molar-refractivity contribution >= 4 is 5.91 Å². The third kappa shape index (κ3) is 3.76. The van der Waals surface area contributed by atoms with Gasteiger partial charge in [0, 0.05) is 18.6 Å². The molecule has 1 aliphatic rings. The molecule has 2 N–H and O–H groups in total. The zero-order valence-corrected chi connectivity index (χ0v) is 10.3. The van der Waals surface area contributed by atoms with Crippen LogP contribution in [0.15, 0.2) is 0 Å². The van der Waals surface area contributed by atoms with Gasteiger partial charge < -0.3 is 15.2 Å². The maximum atomic E-state index is 11.4. The predicted octanol–water partition coefficient (Wildman–Crippen LogP) is 1.08. The second-order valence-corrected chi connectivity index (χ2v) is 4.83. The zero-order valence-electron chi connectivity index (χ0n) is 10.3. The predicted molar refractivity (Wildman–Crippen MR) is 62.1 cm³/mol. The fraction of sp³-hybridized carbons (Fsp3) is 0.917. The molecular weight excluding hydrogens is 206 g/mol. The molecule has 0 saturated heterocycles. The van der Waals surface area contributed by atoms with Crippen LogP contribution in [0.3, 0.4) is 0 Å². The Morgan fingerprint density at radius 3 is 2.94 bits per heavy atom. The maximum Gasteiger partial charge on any atom is 0.246 e. The van der Waals surface area contributed by atoms with Crippen LogP contribution in [0.5, 0.6) is 0 Å². The fourth-order valence-corrected chi connectivity index (χ4v) is 2.13. The molecule has 0 aliphatic heterocycles. The van der Waals surface area contributed by atoms with Gasteiger partial charge in [0.2, 0.25) is 5.91 Å². The van der Waals surface area contributed by atoms with Crippen molar-refractivity contribution in [2.45, 2.75) is 45.6 Å². The summed E-state index contributed by atoms with van der Waals surface area (Å²) in [6.45, 7) is 5.10. The number of hydrogen-bond acceptors (Lipinski definition) is 3. The molecule has 0 bridgehead atoms. The number of carbonyl (C=O) groups is 1. The van der Waals surface area contributed by atoms with Crippen LogP contribution in [-0.2, 0) is 9.53 Å². The molecule has 1 rings (SSSR count). The van der Waals surface area contributed by atoms with Crippen molar-refractivity contribution in [3.05, 3.63) is 0 Å². The Kier molecular flexibility index (Phi) is 5.22. The van der Waals surface area contributed by atoms with E-state index < -0.39 is 0 Å². The Balaban J connectivity index is 2.32. The summed E-state index contributed by atoms with van der Waals surface area (Å²) >= 11 is 0. The summed E-state index contributed by atoms with van der Waals surface area (Å²) in [5.41, 5.74) is -0.167. The van der Waals surface area contributed by atoms with Crippen molar-refractivity contribution in [3.63, 3.8) is 0 Å². The minimum atomic E-state index is -0.298. The van der Waals surface area contributed by atoms with Gasteiger partial charge in [0.25, 0.3) is 0 Å². The van der Waals surface area contributed by atoms with Gasteiger partial charge >= 0.3 is 0 Å². The zero-order chi connectivity index (χ0) is 12.0. The van der Waals surface area contributed by atoms with Gasteiger partial charge in [-0.1, -0.05) is 19.8 Å². The summed E-state index contributed by atoms with van der Waals surface area (Å²) in [5, 5.41) is 12.8. The topological polar surface area (TPSA) is 58.6 Å². The van der Waals surface area contributed by atoms with E-state index in [-0.39, 0.29) is 24.0 Å². The second kappa shape index (κ2) is 6.21. The average Bonchev–Trinajstić information content (AvgIpc) is 2.28. The van der Waals surface area contributed by atoms with Gasteiger partial charge in [-0.3, -0.25) is 4.79 Å². The van der Waals surface area contributed by atoms with E-state index in [4.69, 9.17) is 4.74 Å². The molecule has 2 atom stereocenters. The molecule has 4 nitrogen and oxygen atoms in total. The molecule has 2 unspecified atom stereocenters. The lowest BCUT2D eigenvalue weighted by atomic mass is 9.73. The first kappa shape index (κ1) is 13.5. The largest absolute Gasteiger partial charge is 0.392 e. The van der Waals surface area contributed by atoms with E-state index in [1.807, 2.05) is 13.8 Å². The molecule has 0 aromatic heterocycles. The molecule has 1 aliphatic carbocycles. The number of aliphatic hydroxyl groups is 1. The molecule has 0 radical (unpaired) electrons. The van der Waals surface area contributed by atoms with E-state index in [0.29, 0.717) is 13.2 Å². The van der Waals surface area contributed by atoms with Gasteiger partial charge in [-0.2, -0.15) is 0 Å². The first-order valence-electron chi connectivity index (χ1n) is 6.11. The number of aliphatic hydroxyl groups excluding tert-OH is 1. The van der Waals surface area contributed by atoms with Gasteiger partial charge in [-0.05, 0) is 19.8 Å². The van der Waals surface area contributed by atoms with Crippen molar-refractivity contribution in [3.8, 4) is 0 Å². The Morgan fingerprint density at radius 1 is 1.56 bits per heavy atom. The van der Waals surface area contributed by atoms with Crippen molar-refractivity contribution in [2.24, 2.45) is 5.41 Å². The third-order valence-electron chi connectivity index (χ3n) is 3.41. The molecule has 1 saturated carbocycles. The summed E-state index contributed by atoms with van der Waals surface area (Å²) < 4.78 is 5.02. The van der Waals surface area contributed by atoms with Crippen LogP contribution in [0.25, 0.3) is 0 Å². The fourth-order valence-electron chi connectivity index (χ4n) is 2.13. The number of rotatable bonds is 5. The highest BCUT2D eigenvalue weighted by atomic mass is 16.5. The van der Waals surface area contributed by atoms with Crippen LogP contribution in [0.1, 0.15) is 39.5 Å². The van der Waals surface area contributed by atoms with E-state index in [1.165, 1.54) is 0 Å². The van der Waals surface area contributed by atoms with Gasteiger partial charge in [-0.15, -0.1) is 0 Å². The van der Waals surface area contributed by atoms with Gasteiger partial charge in [-0.25, -0.2) is 0 Å². The van der Waals surface area contributed by atoms with E-state index >= 15 is 0 Å². The van der Waals surface area contributed by atoms with Crippen molar-refractivity contribution in [1.82, 2.24) is 5.32 Å². The Labute approximate surface area is 97.4 Å². The number of hydrogen-bond donors (Lipinski definition) is 2. The second-order valence-electron chi connectivity index (χ2n) is 4.83. The van der Waals surface area contributed by atoms with Gasteiger partial charge in [0.15, 0.2) is 0 Å². The molecule has 4 heteroatoms. The van der Waals surface area contributed by atoms with Crippen molar-refractivity contribution in [1.29, 1.82) is 0 Å². The molecule has 0 aromatic rings. The van der Waals surface area contributed by atoms with Gasteiger partial charge in [0.05, 0.1) is 6.10 Å². The molecule has 1 amide bonds. The highest BCUT2D eigenvalue weighted by Crippen LogP contribution is 2.35. The van der Waals surface area contributed by atoms with Crippen molar-refractivity contribution in [2.75, 3.05) is 19.8 Å². The standard InChI is InChI=1S/C12H23NO3/c1-3-16-8-11(15)13-9-12(2)7-5-4-6-10(12)14/h10,14H,3-9H2,1-2H3,(H,13,15). The highest BCUT2D eigenvalue weighted by Gasteiger charge is 2.35.